The van der Waals surface area contributed by atoms with Crippen LogP contribution in [0.15, 0.2) is 11.6 Å². The van der Waals surface area contributed by atoms with Crippen LogP contribution in [0, 0.1) is 5.92 Å². The van der Waals surface area contributed by atoms with Crippen molar-refractivity contribution in [2.24, 2.45) is 5.92 Å². The van der Waals surface area contributed by atoms with Crippen molar-refractivity contribution in [3.05, 3.63) is 11.6 Å². The molecule has 0 fully saturated rings. The van der Waals surface area contributed by atoms with E-state index in [-0.39, 0.29) is 0 Å². The van der Waals surface area contributed by atoms with Crippen molar-refractivity contribution in [2.45, 2.75) is 20.8 Å². The smallest absolute Gasteiger partial charge is 0.328 e. The molecule has 0 atom stereocenters. The van der Waals surface area contributed by atoms with Gasteiger partial charge in [-0.3, -0.25) is 0 Å². The van der Waals surface area contributed by atoms with Crippen LogP contribution in [-0.4, -0.2) is 24.3 Å². The molecule has 0 aromatic rings. The maximum absolute atomic E-state index is 10.2. The van der Waals surface area contributed by atoms with Gasteiger partial charge in [-0.2, -0.15) is 0 Å². The van der Waals surface area contributed by atoms with Gasteiger partial charge < -0.3 is 9.84 Å². The lowest BCUT2D eigenvalue weighted by Gasteiger charge is -2.05. The molecule has 0 aliphatic heterocycles. The summed E-state index contributed by atoms with van der Waals surface area (Å²) >= 11 is 0. The van der Waals surface area contributed by atoms with Gasteiger partial charge in [-0.15, -0.1) is 0 Å². The monoisotopic (exact) mass is 172 g/mol. The van der Waals surface area contributed by atoms with E-state index in [2.05, 4.69) is 13.8 Å². The minimum Gasteiger partial charge on any atom is -0.478 e. The highest BCUT2D eigenvalue weighted by molar-refractivity contribution is 5.80. The van der Waals surface area contributed by atoms with Crippen molar-refractivity contribution in [3.63, 3.8) is 0 Å². The Labute approximate surface area is 73.0 Å². The first-order chi connectivity index (χ1) is 5.52. The summed E-state index contributed by atoms with van der Waals surface area (Å²) in [5.74, 6) is -0.428. The molecule has 1 N–H and O–H groups in total. The number of carbonyl (C=O) groups is 1. The maximum atomic E-state index is 10.2. The molecule has 0 saturated carbocycles. The van der Waals surface area contributed by atoms with Crippen LogP contribution in [0.4, 0.5) is 0 Å². The molecule has 12 heavy (non-hydrogen) atoms. The van der Waals surface area contributed by atoms with Gasteiger partial charge in [0, 0.05) is 12.7 Å². The van der Waals surface area contributed by atoms with E-state index in [0.29, 0.717) is 19.1 Å². The third-order valence-corrected chi connectivity index (χ3v) is 1.15. The van der Waals surface area contributed by atoms with E-state index in [4.69, 9.17) is 9.84 Å². The largest absolute Gasteiger partial charge is 0.478 e. The molecule has 0 heterocycles. The average Bonchev–Trinajstić information content (AvgIpc) is 1.84. The standard InChI is InChI=1S/C9H16O3/c1-7(2)5-12-6-8(3)4-9(10)11/h4,7H,5-6H2,1-3H3,(H,10,11)/b8-4-. The minimum atomic E-state index is -0.916. The molecule has 0 saturated heterocycles. The zero-order chi connectivity index (χ0) is 9.56. The van der Waals surface area contributed by atoms with E-state index in [0.717, 1.165) is 5.57 Å². The Morgan fingerprint density at radius 2 is 2.17 bits per heavy atom. The van der Waals surface area contributed by atoms with Crippen molar-refractivity contribution >= 4 is 5.97 Å². The predicted octanol–water partition coefficient (Wildman–Crippen LogP) is 1.69. The lowest BCUT2D eigenvalue weighted by molar-refractivity contribution is -0.131. The van der Waals surface area contributed by atoms with Gasteiger partial charge in [0.15, 0.2) is 0 Å². The highest BCUT2D eigenvalue weighted by atomic mass is 16.5. The van der Waals surface area contributed by atoms with Crippen LogP contribution in [0.5, 0.6) is 0 Å². The minimum absolute atomic E-state index is 0.407. The summed E-state index contributed by atoms with van der Waals surface area (Å²) < 4.78 is 5.23. The lowest BCUT2D eigenvalue weighted by Crippen LogP contribution is -2.04. The summed E-state index contributed by atoms with van der Waals surface area (Å²) in [5, 5.41) is 8.36. The van der Waals surface area contributed by atoms with Crippen LogP contribution in [0.25, 0.3) is 0 Å². The second kappa shape index (κ2) is 5.77. The van der Waals surface area contributed by atoms with Gasteiger partial charge in [-0.25, -0.2) is 4.79 Å². The zero-order valence-corrected chi connectivity index (χ0v) is 7.83. The molecule has 70 valence electrons. The molecule has 0 aliphatic carbocycles. The van der Waals surface area contributed by atoms with Crippen LogP contribution >= 0.6 is 0 Å². The van der Waals surface area contributed by atoms with Crippen molar-refractivity contribution in [1.82, 2.24) is 0 Å². The molecule has 3 nitrogen and oxygen atoms in total. The normalized spacial score (nSPS) is 12.2. The van der Waals surface area contributed by atoms with Crippen molar-refractivity contribution in [2.75, 3.05) is 13.2 Å². The first-order valence-electron chi connectivity index (χ1n) is 4.00. The molecule has 0 unspecified atom stereocenters. The molecule has 0 aliphatic rings. The van der Waals surface area contributed by atoms with Gasteiger partial charge in [0.25, 0.3) is 0 Å². The summed E-state index contributed by atoms with van der Waals surface area (Å²) in [6.07, 6.45) is 1.17. The highest BCUT2D eigenvalue weighted by Gasteiger charge is 1.96. The van der Waals surface area contributed by atoms with Crippen LogP contribution in [0.3, 0.4) is 0 Å². The van der Waals surface area contributed by atoms with E-state index in [1.165, 1.54) is 6.08 Å². The fourth-order valence-electron chi connectivity index (χ4n) is 0.708. The van der Waals surface area contributed by atoms with Gasteiger partial charge in [0.2, 0.25) is 0 Å². The van der Waals surface area contributed by atoms with Gasteiger partial charge >= 0.3 is 5.97 Å². The molecular formula is C9H16O3. The number of hydrogen-bond donors (Lipinski definition) is 1. The highest BCUT2D eigenvalue weighted by Crippen LogP contribution is 1.97. The lowest BCUT2D eigenvalue weighted by atomic mass is 10.2. The van der Waals surface area contributed by atoms with Gasteiger partial charge in [0.05, 0.1) is 6.61 Å². The number of ether oxygens (including phenoxy) is 1. The van der Waals surface area contributed by atoms with Gasteiger partial charge in [-0.05, 0) is 18.4 Å². The number of rotatable bonds is 5. The number of carboxylic acids is 1. The third kappa shape index (κ3) is 7.28. The number of aliphatic carboxylic acids is 1. The van der Waals surface area contributed by atoms with Crippen LogP contribution < -0.4 is 0 Å². The third-order valence-electron chi connectivity index (χ3n) is 1.15. The Morgan fingerprint density at radius 1 is 1.58 bits per heavy atom. The first kappa shape index (κ1) is 11.2. The van der Waals surface area contributed by atoms with Crippen molar-refractivity contribution < 1.29 is 14.6 Å². The van der Waals surface area contributed by atoms with Gasteiger partial charge in [-0.1, -0.05) is 13.8 Å². The molecule has 0 radical (unpaired) electrons. The fraction of sp³-hybridized carbons (Fsp3) is 0.667. The Hall–Kier alpha value is -0.830. The van der Waals surface area contributed by atoms with Crippen LogP contribution in [-0.2, 0) is 9.53 Å². The topological polar surface area (TPSA) is 46.5 Å². The molecule has 0 aromatic heterocycles. The second-order valence-corrected chi connectivity index (χ2v) is 3.24. The fourth-order valence-corrected chi connectivity index (χ4v) is 0.708. The van der Waals surface area contributed by atoms with Crippen molar-refractivity contribution in [3.8, 4) is 0 Å². The van der Waals surface area contributed by atoms with E-state index < -0.39 is 5.97 Å². The molecule has 0 amide bonds. The predicted molar refractivity (Wildman–Crippen MR) is 47.0 cm³/mol. The Kier molecular flexibility index (Phi) is 5.37. The molecule has 0 bridgehead atoms. The Bertz CT molecular complexity index is 171. The molecular weight excluding hydrogens is 156 g/mol. The molecule has 0 rings (SSSR count). The average molecular weight is 172 g/mol. The summed E-state index contributed by atoms with van der Waals surface area (Å²) in [4.78, 5) is 10.2. The number of hydrogen-bond acceptors (Lipinski definition) is 2. The first-order valence-corrected chi connectivity index (χ1v) is 4.00. The summed E-state index contributed by atoms with van der Waals surface area (Å²) in [6, 6.07) is 0. The summed E-state index contributed by atoms with van der Waals surface area (Å²) in [6.45, 7) is 6.93. The van der Waals surface area contributed by atoms with E-state index in [9.17, 15) is 4.79 Å². The molecule has 0 aromatic carbocycles. The van der Waals surface area contributed by atoms with E-state index in [1.807, 2.05) is 0 Å². The SMILES string of the molecule is C/C(=C/C(=O)O)COCC(C)C. The summed E-state index contributed by atoms with van der Waals surface area (Å²) in [5.41, 5.74) is 0.739. The summed E-state index contributed by atoms with van der Waals surface area (Å²) in [7, 11) is 0. The van der Waals surface area contributed by atoms with Crippen LogP contribution in [0.1, 0.15) is 20.8 Å². The second-order valence-electron chi connectivity index (χ2n) is 3.24. The van der Waals surface area contributed by atoms with Gasteiger partial charge in [0.1, 0.15) is 0 Å². The van der Waals surface area contributed by atoms with E-state index in [1.54, 1.807) is 6.92 Å². The molecule has 3 heteroatoms. The number of carboxylic acid groups (broad SMARTS) is 1. The quantitative estimate of drug-likeness (QED) is 0.642. The van der Waals surface area contributed by atoms with Crippen LogP contribution in [0.2, 0.25) is 0 Å². The van der Waals surface area contributed by atoms with Crippen molar-refractivity contribution in [1.29, 1.82) is 0 Å². The molecule has 0 spiro atoms. The van der Waals surface area contributed by atoms with E-state index >= 15 is 0 Å². The Morgan fingerprint density at radius 3 is 2.58 bits per heavy atom. The maximum Gasteiger partial charge on any atom is 0.328 e. The Balaban J connectivity index is 3.57. The zero-order valence-electron chi connectivity index (χ0n) is 7.83.